The lowest BCUT2D eigenvalue weighted by Gasteiger charge is -2.01. The Morgan fingerprint density at radius 1 is 1.39 bits per heavy atom. The lowest BCUT2D eigenvalue weighted by molar-refractivity contribution is 0.0651. The minimum absolute atomic E-state index is 0.116. The van der Waals surface area contributed by atoms with E-state index in [4.69, 9.17) is 5.11 Å². The van der Waals surface area contributed by atoms with Gasteiger partial charge in [-0.15, -0.1) is 0 Å². The van der Waals surface area contributed by atoms with Crippen LogP contribution < -0.4 is 5.32 Å². The molecule has 0 bridgehead atoms. The highest BCUT2D eigenvalue weighted by Gasteiger charge is 2.16. The van der Waals surface area contributed by atoms with Crippen molar-refractivity contribution >= 4 is 17.7 Å². The van der Waals surface area contributed by atoms with E-state index in [9.17, 15) is 9.59 Å². The van der Waals surface area contributed by atoms with Gasteiger partial charge in [0.1, 0.15) is 5.82 Å². The molecule has 7 nitrogen and oxygen atoms in total. The second-order valence-electron chi connectivity index (χ2n) is 3.56. The normalized spacial score (nSPS) is 10.1. The maximum atomic E-state index is 11.7. The molecule has 0 aliphatic carbocycles. The van der Waals surface area contributed by atoms with Gasteiger partial charge in [0.05, 0.1) is 0 Å². The molecule has 0 radical (unpaired) electrons. The number of aromatic carboxylic acids is 1. The average Bonchev–Trinajstić information content (AvgIpc) is 2.81. The molecule has 0 unspecified atom stereocenters. The standard InChI is InChI=1S/C11H9N3O4/c1-6-2-3-9(12-5-6)13-10(15)7-4-8(11(16)17)18-14-7/h2-5H,1H3,(H,16,17)(H,12,13,15). The molecule has 0 saturated carbocycles. The van der Waals surface area contributed by atoms with Gasteiger partial charge in [-0.3, -0.25) is 4.79 Å². The Labute approximate surface area is 101 Å². The fraction of sp³-hybridized carbons (Fsp3) is 0.0909. The Hall–Kier alpha value is -2.70. The molecule has 7 heteroatoms. The van der Waals surface area contributed by atoms with Gasteiger partial charge in [-0.25, -0.2) is 9.78 Å². The van der Waals surface area contributed by atoms with Crippen molar-refractivity contribution in [3.8, 4) is 0 Å². The van der Waals surface area contributed by atoms with Crippen molar-refractivity contribution in [3.63, 3.8) is 0 Å². The molecule has 92 valence electrons. The van der Waals surface area contributed by atoms with Gasteiger partial charge in [0, 0.05) is 12.3 Å². The van der Waals surface area contributed by atoms with Gasteiger partial charge in [0.2, 0.25) is 5.76 Å². The third-order valence-electron chi connectivity index (χ3n) is 2.11. The lowest BCUT2D eigenvalue weighted by atomic mass is 10.3. The van der Waals surface area contributed by atoms with Gasteiger partial charge in [-0.2, -0.15) is 0 Å². The Morgan fingerprint density at radius 2 is 2.17 bits per heavy atom. The van der Waals surface area contributed by atoms with Crippen LogP contribution in [0.4, 0.5) is 5.82 Å². The largest absolute Gasteiger partial charge is 0.475 e. The zero-order chi connectivity index (χ0) is 13.1. The molecule has 0 aromatic carbocycles. The molecule has 0 aliphatic rings. The number of anilines is 1. The Bertz CT molecular complexity index is 589. The zero-order valence-corrected chi connectivity index (χ0v) is 9.38. The van der Waals surface area contributed by atoms with Crippen LogP contribution in [0.2, 0.25) is 0 Å². The molecule has 2 rings (SSSR count). The number of rotatable bonds is 3. The van der Waals surface area contributed by atoms with Crippen LogP contribution in [-0.2, 0) is 0 Å². The molecule has 18 heavy (non-hydrogen) atoms. The second-order valence-corrected chi connectivity index (χ2v) is 3.56. The van der Waals surface area contributed by atoms with Crippen molar-refractivity contribution in [1.29, 1.82) is 0 Å². The van der Waals surface area contributed by atoms with Crippen LogP contribution in [0.15, 0.2) is 28.9 Å². The van der Waals surface area contributed by atoms with Crippen molar-refractivity contribution in [2.24, 2.45) is 0 Å². The van der Waals surface area contributed by atoms with E-state index in [1.807, 2.05) is 6.92 Å². The van der Waals surface area contributed by atoms with Crippen LogP contribution in [-0.4, -0.2) is 27.1 Å². The van der Waals surface area contributed by atoms with Crippen molar-refractivity contribution in [2.75, 3.05) is 5.32 Å². The summed E-state index contributed by atoms with van der Waals surface area (Å²) in [5, 5.41) is 14.5. The molecule has 0 saturated heterocycles. The van der Waals surface area contributed by atoms with Gasteiger partial charge in [0.25, 0.3) is 5.91 Å². The first-order valence-corrected chi connectivity index (χ1v) is 5.00. The summed E-state index contributed by atoms with van der Waals surface area (Å²) in [4.78, 5) is 26.2. The van der Waals surface area contributed by atoms with E-state index in [-0.39, 0.29) is 5.69 Å². The number of hydrogen-bond donors (Lipinski definition) is 2. The van der Waals surface area contributed by atoms with Gasteiger partial charge in [-0.05, 0) is 18.6 Å². The molecular weight excluding hydrogens is 238 g/mol. The first-order valence-electron chi connectivity index (χ1n) is 5.00. The summed E-state index contributed by atoms with van der Waals surface area (Å²) < 4.78 is 4.47. The smallest absolute Gasteiger partial charge is 0.374 e. The minimum atomic E-state index is -1.28. The number of aromatic nitrogens is 2. The number of amides is 1. The summed E-state index contributed by atoms with van der Waals surface area (Å²) in [6.07, 6.45) is 1.60. The van der Waals surface area contributed by atoms with Crippen molar-refractivity contribution in [2.45, 2.75) is 6.92 Å². The minimum Gasteiger partial charge on any atom is -0.475 e. The highest BCUT2D eigenvalue weighted by molar-refractivity contribution is 6.03. The second kappa shape index (κ2) is 4.66. The van der Waals surface area contributed by atoms with Crippen molar-refractivity contribution in [1.82, 2.24) is 10.1 Å². The van der Waals surface area contributed by atoms with Crippen molar-refractivity contribution < 1.29 is 19.2 Å². The lowest BCUT2D eigenvalue weighted by Crippen LogP contribution is -2.13. The van der Waals surface area contributed by atoms with Crippen molar-refractivity contribution in [3.05, 3.63) is 41.4 Å². The first-order chi connectivity index (χ1) is 8.56. The predicted molar refractivity (Wildman–Crippen MR) is 60.4 cm³/mol. The van der Waals surface area contributed by atoms with E-state index in [1.54, 1.807) is 18.3 Å². The van der Waals surface area contributed by atoms with Crippen LogP contribution >= 0.6 is 0 Å². The number of carboxylic acids is 1. The van der Waals surface area contributed by atoms with Gasteiger partial charge in [-0.1, -0.05) is 11.2 Å². The Balaban J connectivity index is 2.11. The first kappa shape index (κ1) is 11.8. The van der Waals surface area contributed by atoms with Crippen LogP contribution in [0.3, 0.4) is 0 Å². The number of nitrogens with one attached hydrogen (secondary N) is 1. The number of carbonyl (C=O) groups excluding carboxylic acids is 1. The van der Waals surface area contributed by atoms with Crippen LogP contribution in [0.25, 0.3) is 0 Å². The molecule has 1 amide bonds. The topological polar surface area (TPSA) is 105 Å². The summed E-state index contributed by atoms with van der Waals surface area (Å²) in [6.45, 7) is 1.87. The number of pyridine rings is 1. The SMILES string of the molecule is Cc1ccc(NC(=O)c2cc(C(=O)O)on2)nc1. The van der Waals surface area contributed by atoms with E-state index in [2.05, 4.69) is 20.0 Å². The molecule has 2 aromatic heterocycles. The maximum absolute atomic E-state index is 11.7. The summed E-state index contributed by atoms with van der Waals surface area (Å²) in [5.41, 5.74) is 0.845. The molecule has 0 atom stereocenters. The molecule has 0 spiro atoms. The summed E-state index contributed by atoms with van der Waals surface area (Å²) >= 11 is 0. The van der Waals surface area contributed by atoms with E-state index >= 15 is 0 Å². The maximum Gasteiger partial charge on any atom is 0.374 e. The third kappa shape index (κ3) is 2.51. The fourth-order valence-corrected chi connectivity index (χ4v) is 1.21. The van der Waals surface area contributed by atoms with Crippen LogP contribution in [0.1, 0.15) is 26.6 Å². The quantitative estimate of drug-likeness (QED) is 0.847. The van der Waals surface area contributed by atoms with E-state index in [0.717, 1.165) is 11.6 Å². The Kier molecular flexibility index (Phi) is 3.05. The number of hydrogen-bond acceptors (Lipinski definition) is 5. The fourth-order valence-electron chi connectivity index (χ4n) is 1.21. The Morgan fingerprint density at radius 3 is 2.72 bits per heavy atom. The number of nitrogens with zero attached hydrogens (tertiary/aromatic N) is 2. The van der Waals surface area contributed by atoms with Crippen LogP contribution in [0, 0.1) is 6.92 Å². The number of carboxylic acid groups (broad SMARTS) is 1. The summed E-state index contributed by atoms with van der Waals surface area (Å²) in [6, 6.07) is 4.46. The zero-order valence-electron chi connectivity index (χ0n) is 9.38. The molecule has 2 N–H and O–H groups in total. The van der Waals surface area contributed by atoms with E-state index < -0.39 is 17.6 Å². The van der Waals surface area contributed by atoms with E-state index in [1.165, 1.54) is 0 Å². The van der Waals surface area contributed by atoms with E-state index in [0.29, 0.717) is 5.82 Å². The highest BCUT2D eigenvalue weighted by atomic mass is 16.5. The van der Waals surface area contributed by atoms with Gasteiger partial charge >= 0.3 is 5.97 Å². The molecule has 0 aliphatic heterocycles. The monoisotopic (exact) mass is 247 g/mol. The molecule has 0 fully saturated rings. The molecular formula is C11H9N3O4. The summed E-state index contributed by atoms with van der Waals surface area (Å²) in [7, 11) is 0. The summed E-state index contributed by atoms with van der Waals surface area (Å²) in [5.74, 6) is -1.90. The van der Waals surface area contributed by atoms with Gasteiger partial charge < -0.3 is 14.9 Å². The third-order valence-corrected chi connectivity index (χ3v) is 2.11. The molecule has 2 aromatic rings. The van der Waals surface area contributed by atoms with Crippen LogP contribution in [0.5, 0.6) is 0 Å². The number of carbonyl (C=O) groups is 2. The van der Waals surface area contributed by atoms with Gasteiger partial charge in [0.15, 0.2) is 5.69 Å². The molecule has 2 heterocycles. The predicted octanol–water partition coefficient (Wildman–Crippen LogP) is 1.33. The number of aryl methyl sites for hydroxylation is 1. The highest BCUT2D eigenvalue weighted by Crippen LogP contribution is 2.08. The average molecular weight is 247 g/mol.